The number of anilines is 1. The molecule has 0 radical (unpaired) electrons. The minimum Gasteiger partial charge on any atom is -0.350 e. The number of amides is 1. The zero-order valence-electron chi connectivity index (χ0n) is 17.3. The van der Waals surface area contributed by atoms with E-state index in [0.29, 0.717) is 28.4 Å². The lowest BCUT2D eigenvalue weighted by Gasteiger charge is -2.22. The third-order valence-electron chi connectivity index (χ3n) is 4.78. The number of H-pyrrole nitrogens is 1. The van der Waals surface area contributed by atoms with Crippen molar-refractivity contribution in [3.63, 3.8) is 0 Å². The maximum absolute atomic E-state index is 13.1. The Morgan fingerprint density at radius 1 is 1.10 bits per heavy atom. The van der Waals surface area contributed by atoms with E-state index < -0.39 is 0 Å². The summed E-state index contributed by atoms with van der Waals surface area (Å²) in [5.41, 5.74) is 2.31. The predicted molar refractivity (Wildman–Crippen MR) is 120 cm³/mol. The number of aromatic amines is 1. The van der Waals surface area contributed by atoms with Crippen LogP contribution in [0.25, 0.3) is 10.9 Å². The molecule has 0 fully saturated rings. The van der Waals surface area contributed by atoms with Gasteiger partial charge < -0.3 is 10.3 Å². The SMILES string of the molecule is CC(CC(=O)Nc1c(C(=O)c2ccccc2)[nH]c2cc(Cl)ccc12)CC(C)(C)C. The number of halogens is 1. The van der Waals surface area contributed by atoms with Crippen molar-refractivity contribution in [1.82, 2.24) is 4.98 Å². The lowest BCUT2D eigenvalue weighted by molar-refractivity contribution is -0.117. The largest absolute Gasteiger partial charge is 0.350 e. The number of carbonyl (C=O) groups is 2. The van der Waals surface area contributed by atoms with Gasteiger partial charge in [-0.2, -0.15) is 0 Å². The molecule has 2 aromatic carbocycles. The number of hydrogen-bond donors (Lipinski definition) is 2. The topological polar surface area (TPSA) is 62.0 Å². The van der Waals surface area contributed by atoms with Gasteiger partial charge in [-0.3, -0.25) is 9.59 Å². The van der Waals surface area contributed by atoms with Crippen LogP contribution < -0.4 is 5.32 Å². The van der Waals surface area contributed by atoms with Crippen LogP contribution in [0.1, 0.15) is 56.6 Å². The molecule has 0 aliphatic carbocycles. The Bertz CT molecular complexity index is 1030. The average Bonchev–Trinajstić information content (AvgIpc) is 2.97. The summed E-state index contributed by atoms with van der Waals surface area (Å²) in [6.07, 6.45) is 1.34. The number of rotatable bonds is 6. The summed E-state index contributed by atoms with van der Waals surface area (Å²) < 4.78 is 0. The number of fused-ring (bicyclic) bond motifs is 1. The van der Waals surface area contributed by atoms with Gasteiger partial charge in [0, 0.05) is 27.9 Å². The highest BCUT2D eigenvalue weighted by atomic mass is 35.5. The smallest absolute Gasteiger partial charge is 0.224 e. The van der Waals surface area contributed by atoms with Gasteiger partial charge in [-0.15, -0.1) is 0 Å². The van der Waals surface area contributed by atoms with Crippen molar-refractivity contribution in [2.24, 2.45) is 11.3 Å². The highest BCUT2D eigenvalue weighted by Crippen LogP contribution is 2.32. The molecule has 1 atom stereocenters. The van der Waals surface area contributed by atoms with Crippen LogP contribution in [-0.2, 0) is 4.79 Å². The summed E-state index contributed by atoms with van der Waals surface area (Å²) in [6, 6.07) is 14.4. The lowest BCUT2D eigenvalue weighted by Crippen LogP contribution is -2.20. The van der Waals surface area contributed by atoms with Crippen molar-refractivity contribution in [1.29, 1.82) is 0 Å². The summed E-state index contributed by atoms with van der Waals surface area (Å²) in [5, 5.41) is 4.32. The van der Waals surface area contributed by atoms with Crippen molar-refractivity contribution in [3.05, 3.63) is 64.8 Å². The Hall–Kier alpha value is -2.59. The molecule has 3 aromatic rings. The monoisotopic (exact) mass is 410 g/mol. The highest BCUT2D eigenvalue weighted by molar-refractivity contribution is 6.31. The third kappa shape index (κ3) is 5.27. The van der Waals surface area contributed by atoms with Gasteiger partial charge in [0.25, 0.3) is 0 Å². The van der Waals surface area contributed by atoms with Gasteiger partial charge in [-0.1, -0.05) is 69.6 Å². The molecule has 4 nitrogen and oxygen atoms in total. The molecule has 0 saturated carbocycles. The molecule has 152 valence electrons. The number of carbonyl (C=O) groups excluding carboxylic acids is 2. The van der Waals surface area contributed by atoms with Gasteiger partial charge >= 0.3 is 0 Å². The molecule has 5 heteroatoms. The van der Waals surface area contributed by atoms with Crippen LogP contribution in [0.2, 0.25) is 5.02 Å². The quantitative estimate of drug-likeness (QED) is 0.458. The molecular formula is C24H27ClN2O2. The van der Waals surface area contributed by atoms with E-state index in [4.69, 9.17) is 11.6 Å². The number of nitrogens with one attached hydrogen (secondary N) is 2. The second kappa shape index (κ2) is 8.42. The maximum Gasteiger partial charge on any atom is 0.224 e. The van der Waals surface area contributed by atoms with Gasteiger partial charge in [0.05, 0.1) is 5.69 Å². The van der Waals surface area contributed by atoms with E-state index in [9.17, 15) is 9.59 Å². The van der Waals surface area contributed by atoms with Gasteiger partial charge in [-0.25, -0.2) is 0 Å². The minimum atomic E-state index is -0.170. The second-order valence-corrected chi connectivity index (χ2v) is 9.32. The Morgan fingerprint density at radius 2 is 1.79 bits per heavy atom. The third-order valence-corrected chi connectivity index (χ3v) is 5.02. The normalized spacial score (nSPS) is 12.7. The molecule has 3 rings (SSSR count). The maximum atomic E-state index is 13.1. The molecule has 0 aliphatic heterocycles. The van der Waals surface area contributed by atoms with E-state index in [0.717, 1.165) is 17.3 Å². The van der Waals surface area contributed by atoms with Crippen molar-refractivity contribution in [2.75, 3.05) is 5.32 Å². The highest BCUT2D eigenvalue weighted by Gasteiger charge is 2.23. The molecule has 1 unspecified atom stereocenters. The van der Waals surface area contributed by atoms with Gasteiger partial charge in [0.15, 0.2) is 0 Å². The molecule has 1 amide bonds. The van der Waals surface area contributed by atoms with Gasteiger partial charge in [-0.05, 0) is 36.0 Å². The van der Waals surface area contributed by atoms with Crippen molar-refractivity contribution >= 4 is 39.9 Å². The Balaban J connectivity index is 1.93. The standard InChI is InChI=1S/C24H27ClN2O2/c1-15(14-24(2,3)4)12-20(28)27-21-18-11-10-17(25)13-19(18)26-22(21)23(29)16-8-6-5-7-9-16/h5-11,13,15,26H,12,14H2,1-4H3,(H,27,28). The minimum absolute atomic E-state index is 0.0975. The van der Waals surface area contributed by atoms with E-state index in [2.05, 4.69) is 38.0 Å². The van der Waals surface area contributed by atoms with Crippen LogP contribution in [0.4, 0.5) is 5.69 Å². The fourth-order valence-corrected chi connectivity index (χ4v) is 4.00. The van der Waals surface area contributed by atoms with E-state index in [1.165, 1.54) is 0 Å². The van der Waals surface area contributed by atoms with Crippen molar-refractivity contribution in [2.45, 2.75) is 40.5 Å². The summed E-state index contributed by atoms with van der Waals surface area (Å²) in [6.45, 7) is 8.58. The molecule has 1 heterocycles. The Kier molecular flexibility index (Phi) is 6.13. The first kappa shape index (κ1) is 21.1. The molecule has 29 heavy (non-hydrogen) atoms. The lowest BCUT2D eigenvalue weighted by atomic mass is 9.84. The molecule has 0 bridgehead atoms. The van der Waals surface area contributed by atoms with E-state index in [1.807, 2.05) is 24.3 Å². The molecular weight excluding hydrogens is 384 g/mol. The van der Waals surface area contributed by atoms with Crippen molar-refractivity contribution in [3.8, 4) is 0 Å². The average molecular weight is 411 g/mol. The number of aromatic nitrogens is 1. The van der Waals surface area contributed by atoms with Crippen LogP contribution in [-0.4, -0.2) is 16.7 Å². The zero-order valence-corrected chi connectivity index (χ0v) is 18.1. The zero-order chi connectivity index (χ0) is 21.2. The molecule has 0 saturated heterocycles. The van der Waals surface area contributed by atoms with E-state index >= 15 is 0 Å². The van der Waals surface area contributed by atoms with Crippen LogP contribution in [0.5, 0.6) is 0 Å². The fraction of sp³-hybridized carbons (Fsp3) is 0.333. The summed E-state index contributed by atoms with van der Waals surface area (Å²) >= 11 is 6.12. The van der Waals surface area contributed by atoms with Crippen LogP contribution >= 0.6 is 11.6 Å². The van der Waals surface area contributed by atoms with Gasteiger partial charge in [0.2, 0.25) is 11.7 Å². The summed E-state index contributed by atoms with van der Waals surface area (Å²) in [7, 11) is 0. The first-order valence-electron chi connectivity index (χ1n) is 9.85. The molecule has 0 spiro atoms. The van der Waals surface area contributed by atoms with Crippen LogP contribution in [0.3, 0.4) is 0 Å². The molecule has 0 aliphatic rings. The van der Waals surface area contributed by atoms with Gasteiger partial charge in [0.1, 0.15) is 5.69 Å². The summed E-state index contributed by atoms with van der Waals surface area (Å²) in [4.78, 5) is 29.0. The predicted octanol–water partition coefficient (Wildman–Crippen LogP) is 6.45. The van der Waals surface area contributed by atoms with E-state index in [1.54, 1.807) is 24.3 Å². The first-order chi connectivity index (χ1) is 13.6. The fourth-order valence-electron chi connectivity index (χ4n) is 3.83. The molecule has 1 aromatic heterocycles. The van der Waals surface area contributed by atoms with Crippen LogP contribution in [0.15, 0.2) is 48.5 Å². The number of ketones is 1. The number of benzene rings is 2. The number of hydrogen-bond acceptors (Lipinski definition) is 2. The van der Waals surface area contributed by atoms with Crippen molar-refractivity contribution < 1.29 is 9.59 Å². The second-order valence-electron chi connectivity index (χ2n) is 8.88. The van der Waals surface area contributed by atoms with Crippen LogP contribution in [0, 0.1) is 11.3 Å². The van der Waals surface area contributed by atoms with E-state index in [-0.39, 0.29) is 23.0 Å². The molecule has 2 N–H and O–H groups in total. The Labute approximate surface area is 176 Å². The summed E-state index contributed by atoms with van der Waals surface area (Å²) in [5.74, 6) is -0.0291. The first-order valence-corrected chi connectivity index (χ1v) is 10.2. The Morgan fingerprint density at radius 3 is 2.45 bits per heavy atom.